The van der Waals surface area contributed by atoms with Crippen molar-refractivity contribution in [1.29, 1.82) is 0 Å². The number of hydrogen-bond donors (Lipinski definition) is 1. The zero-order valence-electron chi connectivity index (χ0n) is 6.90. The summed E-state index contributed by atoms with van der Waals surface area (Å²) >= 11 is 0. The van der Waals surface area contributed by atoms with Gasteiger partial charge >= 0.3 is 0 Å². The maximum atomic E-state index is 11.3. The highest BCUT2D eigenvalue weighted by Crippen LogP contribution is 2.26. The first-order valence-corrected chi connectivity index (χ1v) is 4.32. The van der Waals surface area contributed by atoms with Gasteiger partial charge in [0.15, 0.2) is 0 Å². The van der Waals surface area contributed by atoms with E-state index in [0.29, 0.717) is 6.61 Å². The SMILES string of the molecule is O=C1COC[C@@H]2CC[C@H](CO)N12. The molecule has 4 nitrogen and oxygen atoms in total. The highest BCUT2D eigenvalue weighted by molar-refractivity contribution is 5.79. The minimum Gasteiger partial charge on any atom is -0.394 e. The molecule has 2 aliphatic heterocycles. The van der Waals surface area contributed by atoms with Crippen LogP contribution in [0.15, 0.2) is 0 Å². The maximum absolute atomic E-state index is 11.3. The molecule has 0 aromatic carbocycles. The minimum absolute atomic E-state index is 0.0304. The van der Waals surface area contributed by atoms with Crippen molar-refractivity contribution < 1.29 is 14.6 Å². The van der Waals surface area contributed by atoms with Crippen LogP contribution in [0.3, 0.4) is 0 Å². The third kappa shape index (κ3) is 1.11. The van der Waals surface area contributed by atoms with E-state index in [1.807, 2.05) is 0 Å². The van der Waals surface area contributed by atoms with Gasteiger partial charge in [-0.1, -0.05) is 0 Å². The quantitative estimate of drug-likeness (QED) is 0.571. The molecule has 2 aliphatic rings. The van der Waals surface area contributed by atoms with E-state index in [1.165, 1.54) is 0 Å². The number of nitrogens with zero attached hydrogens (tertiary/aromatic N) is 1. The van der Waals surface area contributed by atoms with Crippen LogP contribution in [0.4, 0.5) is 0 Å². The summed E-state index contributed by atoms with van der Waals surface area (Å²) < 4.78 is 5.12. The first kappa shape index (κ1) is 8.01. The Morgan fingerprint density at radius 3 is 3.17 bits per heavy atom. The number of carbonyl (C=O) groups is 1. The predicted molar refractivity (Wildman–Crippen MR) is 41.6 cm³/mol. The second kappa shape index (κ2) is 3.03. The number of carbonyl (C=O) groups excluding carboxylic acids is 1. The van der Waals surface area contributed by atoms with Crippen LogP contribution in [0.25, 0.3) is 0 Å². The van der Waals surface area contributed by atoms with Crippen molar-refractivity contribution >= 4 is 5.91 Å². The molecule has 0 aromatic rings. The normalized spacial score (nSPS) is 35.4. The summed E-state index contributed by atoms with van der Waals surface area (Å²) in [5, 5.41) is 8.99. The molecule has 68 valence electrons. The average Bonchev–Trinajstić information content (AvgIpc) is 2.49. The van der Waals surface area contributed by atoms with Gasteiger partial charge in [0.25, 0.3) is 0 Å². The monoisotopic (exact) mass is 171 g/mol. The maximum Gasteiger partial charge on any atom is 0.249 e. The standard InChI is InChI=1S/C8H13NO3/c10-3-6-1-2-7-4-12-5-8(11)9(6)7/h6-7,10H,1-5H2/t6-,7+/m1/s1. The average molecular weight is 171 g/mol. The molecule has 2 saturated heterocycles. The Morgan fingerprint density at radius 1 is 1.58 bits per heavy atom. The van der Waals surface area contributed by atoms with Gasteiger partial charge in [0.05, 0.1) is 25.3 Å². The lowest BCUT2D eigenvalue weighted by atomic mass is 10.2. The molecule has 0 spiro atoms. The Morgan fingerprint density at radius 2 is 2.42 bits per heavy atom. The van der Waals surface area contributed by atoms with E-state index in [9.17, 15) is 4.79 Å². The molecule has 0 unspecified atom stereocenters. The van der Waals surface area contributed by atoms with Crippen LogP contribution in [-0.2, 0) is 9.53 Å². The Balaban J connectivity index is 2.11. The second-order valence-corrected chi connectivity index (χ2v) is 3.38. The van der Waals surface area contributed by atoms with E-state index in [0.717, 1.165) is 12.8 Å². The number of amides is 1. The number of hydrogen-bond acceptors (Lipinski definition) is 3. The fourth-order valence-electron chi connectivity index (χ4n) is 2.07. The summed E-state index contributed by atoms with van der Waals surface area (Å²) in [5.74, 6) is 0.0304. The molecule has 2 atom stereocenters. The molecule has 1 N–H and O–H groups in total. The fraction of sp³-hybridized carbons (Fsp3) is 0.875. The molecule has 1 amide bonds. The summed E-state index contributed by atoms with van der Waals surface area (Å²) in [7, 11) is 0. The van der Waals surface area contributed by atoms with E-state index >= 15 is 0 Å². The van der Waals surface area contributed by atoms with E-state index in [2.05, 4.69) is 0 Å². The lowest BCUT2D eigenvalue weighted by Crippen LogP contribution is -2.50. The molecule has 4 heteroatoms. The van der Waals surface area contributed by atoms with Crippen molar-refractivity contribution in [1.82, 2.24) is 4.90 Å². The first-order chi connectivity index (χ1) is 5.83. The van der Waals surface area contributed by atoms with Crippen molar-refractivity contribution in [2.45, 2.75) is 24.9 Å². The summed E-state index contributed by atoms with van der Waals surface area (Å²) in [6.07, 6.45) is 1.88. The highest BCUT2D eigenvalue weighted by Gasteiger charge is 2.38. The third-order valence-corrected chi connectivity index (χ3v) is 2.65. The largest absolute Gasteiger partial charge is 0.394 e. The van der Waals surface area contributed by atoms with Crippen LogP contribution in [0.1, 0.15) is 12.8 Å². The van der Waals surface area contributed by atoms with Crippen molar-refractivity contribution in [3.8, 4) is 0 Å². The summed E-state index contributed by atoms with van der Waals surface area (Å²) in [6, 6.07) is 0.273. The fourth-order valence-corrected chi connectivity index (χ4v) is 2.07. The Kier molecular flexibility index (Phi) is 2.02. The Hall–Kier alpha value is -0.610. The number of aliphatic hydroxyl groups excluding tert-OH is 1. The van der Waals surface area contributed by atoms with Crippen LogP contribution >= 0.6 is 0 Å². The van der Waals surface area contributed by atoms with Gasteiger partial charge in [0.1, 0.15) is 6.61 Å². The van der Waals surface area contributed by atoms with Crippen molar-refractivity contribution in [3.63, 3.8) is 0 Å². The zero-order chi connectivity index (χ0) is 8.55. The lowest BCUT2D eigenvalue weighted by molar-refractivity contribution is -0.148. The first-order valence-electron chi connectivity index (χ1n) is 4.32. The van der Waals surface area contributed by atoms with Gasteiger partial charge in [-0.25, -0.2) is 0 Å². The van der Waals surface area contributed by atoms with Gasteiger partial charge in [0.2, 0.25) is 5.91 Å². The summed E-state index contributed by atoms with van der Waals surface area (Å²) in [6.45, 7) is 0.914. The highest BCUT2D eigenvalue weighted by atomic mass is 16.5. The summed E-state index contributed by atoms with van der Waals surface area (Å²) in [4.78, 5) is 13.1. The Labute approximate surface area is 71.1 Å². The van der Waals surface area contributed by atoms with Crippen LogP contribution in [0, 0.1) is 0 Å². The number of ether oxygens (including phenoxy) is 1. The molecule has 12 heavy (non-hydrogen) atoms. The molecule has 0 aromatic heterocycles. The molecular formula is C8H13NO3. The zero-order valence-corrected chi connectivity index (χ0v) is 6.90. The van der Waals surface area contributed by atoms with Crippen molar-refractivity contribution in [2.75, 3.05) is 19.8 Å². The molecule has 2 rings (SSSR count). The van der Waals surface area contributed by atoms with Crippen LogP contribution in [0.5, 0.6) is 0 Å². The molecule has 0 aliphatic carbocycles. The number of rotatable bonds is 1. The topological polar surface area (TPSA) is 49.8 Å². The number of morpholine rings is 1. The third-order valence-electron chi connectivity index (χ3n) is 2.65. The van der Waals surface area contributed by atoms with Gasteiger partial charge < -0.3 is 14.7 Å². The van der Waals surface area contributed by atoms with Gasteiger partial charge in [-0.2, -0.15) is 0 Å². The molecule has 2 fully saturated rings. The van der Waals surface area contributed by atoms with Gasteiger partial charge in [-0.3, -0.25) is 4.79 Å². The van der Waals surface area contributed by atoms with E-state index < -0.39 is 0 Å². The number of aliphatic hydroxyl groups is 1. The van der Waals surface area contributed by atoms with E-state index in [1.54, 1.807) is 4.90 Å². The molecule has 0 radical (unpaired) electrons. The van der Waals surface area contributed by atoms with Gasteiger partial charge in [0, 0.05) is 0 Å². The predicted octanol–water partition coefficient (Wildman–Crippen LogP) is -0.632. The molecule has 0 bridgehead atoms. The van der Waals surface area contributed by atoms with Crippen molar-refractivity contribution in [2.24, 2.45) is 0 Å². The smallest absolute Gasteiger partial charge is 0.249 e. The van der Waals surface area contributed by atoms with E-state index in [-0.39, 0.29) is 31.2 Å². The number of fused-ring (bicyclic) bond motifs is 1. The Bertz CT molecular complexity index is 189. The van der Waals surface area contributed by atoms with Crippen LogP contribution in [0.2, 0.25) is 0 Å². The lowest BCUT2D eigenvalue weighted by Gasteiger charge is -2.33. The van der Waals surface area contributed by atoms with E-state index in [4.69, 9.17) is 9.84 Å². The van der Waals surface area contributed by atoms with Gasteiger partial charge in [-0.05, 0) is 12.8 Å². The van der Waals surface area contributed by atoms with Crippen LogP contribution in [-0.4, -0.2) is 47.8 Å². The molecular weight excluding hydrogens is 158 g/mol. The minimum atomic E-state index is 0.0304. The van der Waals surface area contributed by atoms with Gasteiger partial charge in [-0.15, -0.1) is 0 Å². The summed E-state index contributed by atoms with van der Waals surface area (Å²) in [5.41, 5.74) is 0. The second-order valence-electron chi connectivity index (χ2n) is 3.38. The van der Waals surface area contributed by atoms with Crippen molar-refractivity contribution in [3.05, 3.63) is 0 Å². The molecule has 0 saturated carbocycles. The molecule has 2 heterocycles. The van der Waals surface area contributed by atoms with Crippen LogP contribution < -0.4 is 0 Å².